The first kappa shape index (κ1) is 22.7. The molecular weight excluding hydrogens is 360 g/mol. The summed E-state index contributed by atoms with van der Waals surface area (Å²) in [7, 11) is -1.66. The molecule has 0 heterocycles. The Bertz CT molecular complexity index is 699. The third-order valence-electron chi connectivity index (χ3n) is 5.64. The van der Waals surface area contributed by atoms with Gasteiger partial charge in [0.1, 0.15) is 0 Å². The van der Waals surface area contributed by atoms with Crippen LogP contribution in [0.4, 0.5) is 0 Å². The first-order chi connectivity index (χ1) is 13.2. The molecule has 28 heavy (non-hydrogen) atoms. The molecule has 2 rings (SSSR count). The standard InChI is InChI=1S/C25H38O2Si/c1-8-25(4)22(19-26-18-21-12-10-9-11-13-21)15-17-24(27-28(5,6)7)23(25)16-14-20(2)3/h8-13,22H,1-2,14-19H2,3-7H3/t22-,25-/m0/s1. The molecule has 1 aliphatic carbocycles. The summed E-state index contributed by atoms with van der Waals surface area (Å²) in [5.74, 6) is 1.63. The molecule has 154 valence electrons. The second kappa shape index (κ2) is 9.75. The molecule has 1 aliphatic rings. The molecule has 0 fully saturated rings. The number of benzene rings is 1. The molecule has 0 bridgehead atoms. The highest BCUT2D eigenvalue weighted by atomic mass is 28.4. The van der Waals surface area contributed by atoms with Crippen LogP contribution in [0.1, 0.15) is 45.1 Å². The van der Waals surface area contributed by atoms with Crippen molar-refractivity contribution in [3.8, 4) is 0 Å². The summed E-state index contributed by atoms with van der Waals surface area (Å²) in [6, 6.07) is 10.4. The SMILES string of the molecule is C=C[C@]1(C)C(CCC(=C)C)=C(O[Si](C)(C)C)CC[C@H]1COCc1ccccc1. The van der Waals surface area contributed by atoms with Crippen LogP contribution in [0, 0.1) is 11.3 Å². The lowest BCUT2D eigenvalue weighted by molar-refractivity contribution is 0.0466. The van der Waals surface area contributed by atoms with Gasteiger partial charge >= 0.3 is 0 Å². The number of hydrogen-bond acceptors (Lipinski definition) is 2. The number of hydrogen-bond donors (Lipinski definition) is 0. The third kappa shape index (κ3) is 6.21. The first-order valence-electron chi connectivity index (χ1n) is 10.5. The second-order valence-electron chi connectivity index (χ2n) is 9.30. The smallest absolute Gasteiger partial charge is 0.241 e. The predicted molar refractivity (Wildman–Crippen MR) is 123 cm³/mol. The average molecular weight is 399 g/mol. The highest BCUT2D eigenvalue weighted by Gasteiger charge is 2.41. The van der Waals surface area contributed by atoms with E-state index in [0.717, 1.165) is 32.3 Å². The van der Waals surface area contributed by atoms with Crippen LogP contribution in [-0.2, 0) is 15.8 Å². The monoisotopic (exact) mass is 398 g/mol. The summed E-state index contributed by atoms with van der Waals surface area (Å²) in [6.45, 7) is 20.9. The molecular formula is C25H38O2Si. The summed E-state index contributed by atoms with van der Waals surface area (Å²) in [4.78, 5) is 0. The Morgan fingerprint density at radius 2 is 1.93 bits per heavy atom. The zero-order valence-corrected chi connectivity index (χ0v) is 19.5. The lowest BCUT2D eigenvalue weighted by atomic mass is 9.65. The van der Waals surface area contributed by atoms with E-state index >= 15 is 0 Å². The molecule has 0 radical (unpaired) electrons. The van der Waals surface area contributed by atoms with E-state index in [0.29, 0.717) is 12.5 Å². The van der Waals surface area contributed by atoms with Gasteiger partial charge in [-0.05, 0) is 62.9 Å². The zero-order valence-electron chi connectivity index (χ0n) is 18.5. The average Bonchev–Trinajstić information content (AvgIpc) is 2.62. The van der Waals surface area contributed by atoms with Crippen molar-refractivity contribution in [2.45, 2.75) is 65.8 Å². The topological polar surface area (TPSA) is 18.5 Å². The van der Waals surface area contributed by atoms with Crippen molar-refractivity contribution in [3.63, 3.8) is 0 Å². The fourth-order valence-electron chi connectivity index (χ4n) is 3.97. The minimum atomic E-state index is -1.66. The minimum Gasteiger partial charge on any atom is -0.547 e. The maximum atomic E-state index is 6.54. The van der Waals surface area contributed by atoms with Crippen LogP contribution >= 0.6 is 0 Å². The molecule has 2 atom stereocenters. The Balaban J connectivity index is 2.19. The maximum Gasteiger partial charge on any atom is 0.241 e. The molecule has 0 amide bonds. The lowest BCUT2D eigenvalue weighted by Crippen LogP contribution is -2.37. The molecule has 3 heteroatoms. The molecule has 0 aliphatic heterocycles. The maximum absolute atomic E-state index is 6.54. The molecule has 0 spiro atoms. The minimum absolute atomic E-state index is 0.0978. The van der Waals surface area contributed by atoms with Gasteiger partial charge in [0.2, 0.25) is 8.32 Å². The molecule has 0 saturated heterocycles. The van der Waals surface area contributed by atoms with Gasteiger partial charge < -0.3 is 9.16 Å². The summed E-state index contributed by atoms with van der Waals surface area (Å²) in [5.41, 5.74) is 3.75. The first-order valence-corrected chi connectivity index (χ1v) is 13.9. The van der Waals surface area contributed by atoms with E-state index in [1.54, 1.807) is 0 Å². The van der Waals surface area contributed by atoms with Crippen LogP contribution in [0.15, 0.2) is 66.5 Å². The second-order valence-corrected chi connectivity index (χ2v) is 13.7. The number of ether oxygens (including phenoxy) is 1. The van der Waals surface area contributed by atoms with Crippen molar-refractivity contribution in [2.75, 3.05) is 6.61 Å². The summed E-state index contributed by atoms with van der Waals surface area (Å²) in [6.07, 6.45) is 6.19. The molecule has 0 saturated carbocycles. The van der Waals surface area contributed by atoms with Crippen LogP contribution in [0.5, 0.6) is 0 Å². The fraction of sp³-hybridized carbons (Fsp3) is 0.520. The Hall–Kier alpha value is -1.58. The largest absolute Gasteiger partial charge is 0.547 e. The molecule has 0 aromatic heterocycles. The fourth-order valence-corrected chi connectivity index (χ4v) is 4.94. The van der Waals surface area contributed by atoms with Crippen molar-refractivity contribution in [2.24, 2.45) is 11.3 Å². The highest BCUT2D eigenvalue weighted by molar-refractivity contribution is 6.70. The van der Waals surface area contributed by atoms with Crippen LogP contribution in [0.3, 0.4) is 0 Å². The molecule has 0 N–H and O–H groups in total. The van der Waals surface area contributed by atoms with Gasteiger partial charge in [-0.25, -0.2) is 0 Å². The Morgan fingerprint density at radius 3 is 2.50 bits per heavy atom. The van der Waals surface area contributed by atoms with Gasteiger partial charge in [-0.3, -0.25) is 0 Å². The molecule has 0 unspecified atom stereocenters. The van der Waals surface area contributed by atoms with Crippen LogP contribution < -0.4 is 0 Å². The highest BCUT2D eigenvalue weighted by Crippen LogP contribution is 2.49. The van der Waals surface area contributed by atoms with E-state index in [2.05, 4.69) is 77.0 Å². The lowest BCUT2D eigenvalue weighted by Gasteiger charge is -2.44. The number of allylic oxidation sites excluding steroid dienone is 4. The van der Waals surface area contributed by atoms with Crippen LogP contribution in [0.2, 0.25) is 19.6 Å². The quantitative estimate of drug-likeness (QED) is 0.305. The third-order valence-corrected chi connectivity index (χ3v) is 6.50. The van der Waals surface area contributed by atoms with Gasteiger partial charge in [-0.2, -0.15) is 0 Å². The van der Waals surface area contributed by atoms with E-state index in [-0.39, 0.29) is 5.41 Å². The Labute approximate surface area is 173 Å². The normalized spacial score (nSPS) is 22.8. The predicted octanol–water partition coefficient (Wildman–Crippen LogP) is 7.27. The van der Waals surface area contributed by atoms with Gasteiger partial charge in [-0.15, -0.1) is 13.2 Å². The van der Waals surface area contributed by atoms with Crippen LogP contribution in [-0.4, -0.2) is 14.9 Å². The van der Waals surface area contributed by atoms with Crippen molar-refractivity contribution in [1.82, 2.24) is 0 Å². The van der Waals surface area contributed by atoms with Crippen molar-refractivity contribution in [3.05, 3.63) is 72.0 Å². The Kier molecular flexibility index (Phi) is 7.91. The van der Waals surface area contributed by atoms with Crippen molar-refractivity contribution < 1.29 is 9.16 Å². The Morgan fingerprint density at radius 1 is 1.25 bits per heavy atom. The molecule has 1 aromatic rings. The summed E-state index contributed by atoms with van der Waals surface area (Å²) < 4.78 is 12.7. The van der Waals surface area contributed by atoms with E-state index in [4.69, 9.17) is 9.16 Å². The van der Waals surface area contributed by atoms with Gasteiger partial charge in [0.05, 0.1) is 19.0 Å². The van der Waals surface area contributed by atoms with Gasteiger partial charge in [-0.1, -0.05) is 48.9 Å². The van der Waals surface area contributed by atoms with Gasteiger partial charge in [0.15, 0.2) is 0 Å². The van der Waals surface area contributed by atoms with E-state index in [1.165, 1.54) is 22.5 Å². The van der Waals surface area contributed by atoms with Crippen LogP contribution in [0.25, 0.3) is 0 Å². The summed E-state index contributed by atoms with van der Waals surface area (Å²) in [5, 5.41) is 0. The van der Waals surface area contributed by atoms with Crippen molar-refractivity contribution >= 4 is 8.32 Å². The summed E-state index contributed by atoms with van der Waals surface area (Å²) >= 11 is 0. The molecule has 2 nitrogen and oxygen atoms in total. The van der Waals surface area contributed by atoms with Crippen molar-refractivity contribution in [1.29, 1.82) is 0 Å². The molecule has 1 aromatic carbocycles. The van der Waals surface area contributed by atoms with E-state index in [1.807, 2.05) is 6.07 Å². The van der Waals surface area contributed by atoms with Gasteiger partial charge in [0.25, 0.3) is 0 Å². The number of rotatable bonds is 10. The van der Waals surface area contributed by atoms with E-state index < -0.39 is 8.32 Å². The zero-order chi connectivity index (χ0) is 20.8. The van der Waals surface area contributed by atoms with Gasteiger partial charge in [0, 0.05) is 11.8 Å². The van der Waals surface area contributed by atoms with E-state index in [9.17, 15) is 0 Å².